The van der Waals surface area contributed by atoms with Gasteiger partial charge in [0.2, 0.25) is 0 Å². The predicted octanol–water partition coefficient (Wildman–Crippen LogP) is 3.00. The first kappa shape index (κ1) is 11.0. The predicted molar refractivity (Wildman–Crippen MR) is 69.6 cm³/mol. The van der Waals surface area contributed by atoms with Gasteiger partial charge in [-0.2, -0.15) is 0 Å². The maximum Gasteiger partial charge on any atom is 0.138 e. The maximum atomic E-state index is 13.4. The number of nitrogens with zero attached hydrogens (tertiary/aromatic N) is 1. The van der Waals surface area contributed by atoms with Crippen molar-refractivity contribution < 1.29 is 4.39 Å². The van der Waals surface area contributed by atoms with Crippen LogP contribution in [-0.2, 0) is 0 Å². The van der Waals surface area contributed by atoms with E-state index in [0.717, 1.165) is 5.69 Å². The summed E-state index contributed by atoms with van der Waals surface area (Å²) in [6.45, 7) is 0. The molecular weight excluding hydrogens is 306 g/mol. The molecule has 15 heavy (non-hydrogen) atoms. The zero-order chi connectivity index (χ0) is 11.0. The third kappa shape index (κ3) is 2.04. The Bertz CT molecular complexity index is 377. The molecule has 0 saturated heterocycles. The minimum absolute atomic E-state index is 0.189. The Labute approximate surface area is 103 Å². The molecule has 1 aliphatic carbocycles. The first-order chi connectivity index (χ1) is 7.09. The summed E-state index contributed by atoms with van der Waals surface area (Å²) in [7, 11) is 1.99. The van der Waals surface area contributed by atoms with Crippen LogP contribution in [0.3, 0.4) is 0 Å². The molecule has 0 unspecified atom stereocenters. The third-order valence-electron chi connectivity index (χ3n) is 3.07. The number of nitrogen functional groups attached to an aromatic ring is 1. The van der Waals surface area contributed by atoms with Gasteiger partial charge in [0.25, 0.3) is 0 Å². The first-order valence-electron chi connectivity index (χ1n) is 5.07. The van der Waals surface area contributed by atoms with E-state index in [-0.39, 0.29) is 5.82 Å². The molecule has 2 nitrogen and oxygen atoms in total. The van der Waals surface area contributed by atoms with Crippen LogP contribution in [0.4, 0.5) is 15.8 Å². The molecule has 0 spiro atoms. The van der Waals surface area contributed by atoms with Gasteiger partial charge in [-0.25, -0.2) is 4.39 Å². The van der Waals surface area contributed by atoms with Crippen LogP contribution < -0.4 is 10.6 Å². The minimum Gasteiger partial charge on any atom is -0.397 e. The smallest absolute Gasteiger partial charge is 0.138 e. The summed E-state index contributed by atoms with van der Waals surface area (Å²) >= 11 is 1.96. The monoisotopic (exact) mass is 320 g/mol. The number of benzene rings is 1. The van der Waals surface area contributed by atoms with Crippen molar-refractivity contribution in [2.45, 2.75) is 25.3 Å². The molecule has 0 atom stereocenters. The van der Waals surface area contributed by atoms with E-state index < -0.39 is 0 Å². The molecule has 82 valence electrons. The van der Waals surface area contributed by atoms with Crippen molar-refractivity contribution in [1.82, 2.24) is 0 Å². The lowest BCUT2D eigenvalue weighted by atomic mass is 9.91. The molecule has 1 aromatic carbocycles. The van der Waals surface area contributed by atoms with Gasteiger partial charge in [-0.05, 0) is 47.9 Å². The number of nitrogens with two attached hydrogens (primary N) is 1. The van der Waals surface area contributed by atoms with Crippen molar-refractivity contribution in [2.24, 2.45) is 0 Å². The number of hydrogen-bond donors (Lipinski definition) is 1. The van der Waals surface area contributed by atoms with Gasteiger partial charge in [-0.15, -0.1) is 0 Å². The Hall–Kier alpha value is -0.520. The van der Waals surface area contributed by atoms with Gasteiger partial charge in [0.05, 0.1) is 14.9 Å². The molecule has 1 aliphatic rings. The Kier molecular flexibility index (Phi) is 3.04. The molecule has 4 heteroatoms. The summed E-state index contributed by atoms with van der Waals surface area (Å²) in [6.07, 6.45) is 3.63. The average Bonchev–Trinajstić information content (AvgIpc) is 2.08. The quantitative estimate of drug-likeness (QED) is 0.670. The van der Waals surface area contributed by atoms with Gasteiger partial charge < -0.3 is 10.6 Å². The van der Waals surface area contributed by atoms with Crippen molar-refractivity contribution in [1.29, 1.82) is 0 Å². The van der Waals surface area contributed by atoms with Gasteiger partial charge in [-0.3, -0.25) is 0 Å². The van der Waals surface area contributed by atoms with Crippen LogP contribution >= 0.6 is 22.6 Å². The van der Waals surface area contributed by atoms with Gasteiger partial charge in [0.15, 0.2) is 0 Å². The van der Waals surface area contributed by atoms with E-state index in [1.807, 2.05) is 29.6 Å². The molecule has 0 amide bonds. The molecule has 1 saturated carbocycles. The van der Waals surface area contributed by atoms with Crippen LogP contribution in [-0.4, -0.2) is 13.1 Å². The Morgan fingerprint density at radius 2 is 2.13 bits per heavy atom. The van der Waals surface area contributed by atoms with E-state index in [0.29, 0.717) is 15.3 Å². The van der Waals surface area contributed by atoms with Crippen molar-refractivity contribution in [3.05, 3.63) is 21.5 Å². The summed E-state index contributed by atoms with van der Waals surface area (Å²) in [4.78, 5) is 2.10. The lowest BCUT2D eigenvalue weighted by Crippen LogP contribution is -2.37. The van der Waals surface area contributed by atoms with Crippen LogP contribution in [0.1, 0.15) is 19.3 Å². The molecule has 2 N–H and O–H groups in total. The zero-order valence-electron chi connectivity index (χ0n) is 8.63. The first-order valence-corrected chi connectivity index (χ1v) is 6.15. The average molecular weight is 320 g/mol. The fourth-order valence-corrected chi connectivity index (χ4v) is 2.32. The summed E-state index contributed by atoms with van der Waals surface area (Å²) in [5.41, 5.74) is 7.37. The summed E-state index contributed by atoms with van der Waals surface area (Å²) in [5.74, 6) is -0.189. The zero-order valence-corrected chi connectivity index (χ0v) is 10.8. The SMILES string of the molecule is CN(c1cc(F)c(I)cc1N)C1CCC1. The van der Waals surface area contributed by atoms with Crippen molar-refractivity contribution in [2.75, 3.05) is 17.7 Å². The van der Waals surface area contributed by atoms with Gasteiger partial charge in [0, 0.05) is 19.2 Å². The topological polar surface area (TPSA) is 29.3 Å². The second-order valence-electron chi connectivity index (χ2n) is 4.02. The number of hydrogen-bond acceptors (Lipinski definition) is 2. The highest BCUT2D eigenvalue weighted by Gasteiger charge is 2.24. The van der Waals surface area contributed by atoms with Gasteiger partial charge >= 0.3 is 0 Å². The largest absolute Gasteiger partial charge is 0.397 e. The molecule has 0 heterocycles. The summed E-state index contributed by atoms with van der Waals surface area (Å²) in [6, 6.07) is 3.77. The van der Waals surface area contributed by atoms with Crippen LogP contribution in [0, 0.1) is 9.39 Å². The van der Waals surface area contributed by atoms with E-state index in [4.69, 9.17) is 5.73 Å². The molecule has 2 rings (SSSR count). The molecule has 1 fully saturated rings. The molecule has 0 aromatic heterocycles. The second-order valence-corrected chi connectivity index (χ2v) is 5.18. The highest BCUT2D eigenvalue weighted by atomic mass is 127. The van der Waals surface area contributed by atoms with Crippen LogP contribution in [0.5, 0.6) is 0 Å². The highest BCUT2D eigenvalue weighted by Crippen LogP contribution is 2.33. The minimum atomic E-state index is -0.189. The lowest BCUT2D eigenvalue weighted by molar-refractivity contribution is 0.401. The molecule has 1 aromatic rings. The van der Waals surface area contributed by atoms with E-state index in [1.54, 1.807) is 6.07 Å². The second kappa shape index (κ2) is 4.15. The standard InChI is InChI=1S/C11H14FIN2/c1-15(7-3-2-4-7)11-5-8(12)9(13)6-10(11)14/h5-7H,2-4,14H2,1H3. The highest BCUT2D eigenvalue weighted by molar-refractivity contribution is 14.1. The molecule has 0 aliphatic heterocycles. The van der Waals surface area contributed by atoms with Crippen LogP contribution in [0.25, 0.3) is 0 Å². The van der Waals surface area contributed by atoms with E-state index in [1.165, 1.54) is 25.3 Å². The van der Waals surface area contributed by atoms with E-state index >= 15 is 0 Å². The maximum absolute atomic E-state index is 13.4. The third-order valence-corrected chi connectivity index (χ3v) is 3.90. The fraction of sp³-hybridized carbons (Fsp3) is 0.455. The van der Waals surface area contributed by atoms with Crippen LogP contribution in [0.2, 0.25) is 0 Å². The Balaban J connectivity index is 2.30. The Morgan fingerprint density at radius 1 is 1.47 bits per heavy atom. The number of rotatable bonds is 2. The number of anilines is 2. The van der Waals surface area contributed by atoms with Crippen LogP contribution in [0.15, 0.2) is 12.1 Å². The fourth-order valence-electron chi connectivity index (χ4n) is 1.83. The lowest BCUT2D eigenvalue weighted by Gasteiger charge is -2.37. The van der Waals surface area contributed by atoms with Gasteiger partial charge in [0.1, 0.15) is 5.82 Å². The molecule has 0 radical (unpaired) electrons. The number of halogens is 2. The van der Waals surface area contributed by atoms with E-state index in [9.17, 15) is 4.39 Å². The van der Waals surface area contributed by atoms with Crippen molar-refractivity contribution in [3.8, 4) is 0 Å². The van der Waals surface area contributed by atoms with Gasteiger partial charge in [-0.1, -0.05) is 0 Å². The Morgan fingerprint density at radius 3 is 2.67 bits per heavy atom. The summed E-state index contributed by atoms with van der Waals surface area (Å²) < 4.78 is 14.0. The normalized spacial score (nSPS) is 16.2. The summed E-state index contributed by atoms with van der Waals surface area (Å²) in [5, 5.41) is 0. The molecular formula is C11H14FIN2. The molecule has 0 bridgehead atoms. The van der Waals surface area contributed by atoms with E-state index in [2.05, 4.69) is 4.90 Å². The van der Waals surface area contributed by atoms with Crippen molar-refractivity contribution >= 4 is 34.0 Å². The van der Waals surface area contributed by atoms with Crippen molar-refractivity contribution in [3.63, 3.8) is 0 Å².